The van der Waals surface area contributed by atoms with E-state index in [4.69, 9.17) is 6.42 Å². The van der Waals surface area contributed by atoms with Crippen LogP contribution in [0.25, 0.3) is 0 Å². The van der Waals surface area contributed by atoms with E-state index in [1.54, 1.807) is 0 Å². The van der Waals surface area contributed by atoms with E-state index in [2.05, 4.69) is 23.5 Å². The van der Waals surface area contributed by atoms with Crippen molar-refractivity contribution in [1.82, 2.24) is 10.6 Å². The molecule has 0 bridgehead atoms. The second-order valence-electron chi connectivity index (χ2n) is 4.56. The number of hydrogen-bond acceptors (Lipinski definition) is 2. The highest BCUT2D eigenvalue weighted by atomic mass is 16.1. The number of rotatable bonds is 5. The van der Waals surface area contributed by atoms with Gasteiger partial charge in [-0.1, -0.05) is 0 Å². The van der Waals surface area contributed by atoms with Crippen molar-refractivity contribution >= 4 is 5.91 Å². The monoisotopic (exact) mass is 222 g/mol. The van der Waals surface area contributed by atoms with Gasteiger partial charge in [0.2, 0.25) is 5.91 Å². The zero-order chi connectivity index (χ0) is 11.8. The fraction of sp³-hybridized carbons (Fsp3) is 0.769. The van der Waals surface area contributed by atoms with E-state index >= 15 is 0 Å². The lowest BCUT2D eigenvalue weighted by atomic mass is 10.0. The van der Waals surface area contributed by atoms with Crippen LogP contribution in [0.4, 0.5) is 0 Å². The van der Waals surface area contributed by atoms with E-state index in [1.807, 2.05) is 0 Å². The molecule has 16 heavy (non-hydrogen) atoms. The lowest BCUT2D eigenvalue weighted by Gasteiger charge is -2.28. The molecule has 2 atom stereocenters. The molecule has 1 aliphatic heterocycles. The van der Waals surface area contributed by atoms with Crippen LogP contribution in [0.3, 0.4) is 0 Å². The number of hydrogen-bond donors (Lipinski definition) is 2. The molecule has 1 saturated heterocycles. The zero-order valence-corrected chi connectivity index (χ0v) is 10.1. The molecule has 1 fully saturated rings. The first-order valence-electron chi connectivity index (χ1n) is 6.18. The summed E-state index contributed by atoms with van der Waals surface area (Å²) in [5, 5.41) is 6.47. The van der Waals surface area contributed by atoms with Gasteiger partial charge in [-0.3, -0.25) is 4.79 Å². The van der Waals surface area contributed by atoms with Crippen molar-refractivity contribution in [3.05, 3.63) is 0 Å². The molecule has 2 unspecified atom stereocenters. The van der Waals surface area contributed by atoms with Gasteiger partial charge in [-0.2, -0.15) is 0 Å². The Kier molecular flexibility index (Phi) is 5.95. The van der Waals surface area contributed by atoms with Crippen molar-refractivity contribution in [3.8, 4) is 12.3 Å². The van der Waals surface area contributed by atoms with Crippen molar-refractivity contribution in [3.63, 3.8) is 0 Å². The number of unbranched alkanes of at least 4 members (excludes halogenated alkanes) is 2. The SMILES string of the molecule is C#CCCCCC(=O)NC1CCNC(C)C1. The Bertz CT molecular complexity index is 257. The minimum atomic E-state index is 0.177. The van der Waals surface area contributed by atoms with E-state index in [0.29, 0.717) is 18.5 Å². The van der Waals surface area contributed by atoms with Gasteiger partial charge >= 0.3 is 0 Å². The highest BCUT2D eigenvalue weighted by Gasteiger charge is 2.19. The van der Waals surface area contributed by atoms with Crippen LogP contribution in [0, 0.1) is 12.3 Å². The Morgan fingerprint density at radius 3 is 3.06 bits per heavy atom. The molecule has 0 aromatic heterocycles. The molecule has 0 radical (unpaired) electrons. The molecule has 1 aliphatic rings. The lowest BCUT2D eigenvalue weighted by molar-refractivity contribution is -0.122. The first-order chi connectivity index (χ1) is 7.72. The van der Waals surface area contributed by atoms with Gasteiger partial charge in [0.05, 0.1) is 0 Å². The first kappa shape index (κ1) is 13.1. The molecule has 3 nitrogen and oxygen atoms in total. The van der Waals surface area contributed by atoms with Crippen molar-refractivity contribution in [2.24, 2.45) is 0 Å². The Morgan fingerprint density at radius 1 is 1.56 bits per heavy atom. The van der Waals surface area contributed by atoms with Crippen molar-refractivity contribution in [2.45, 2.75) is 57.5 Å². The van der Waals surface area contributed by atoms with Crippen LogP contribution < -0.4 is 10.6 Å². The van der Waals surface area contributed by atoms with Gasteiger partial charge in [-0.15, -0.1) is 12.3 Å². The van der Waals surface area contributed by atoms with Gasteiger partial charge in [0.25, 0.3) is 0 Å². The predicted molar refractivity (Wildman–Crippen MR) is 65.9 cm³/mol. The predicted octanol–water partition coefficient (Wildman–Crippen LogP) is 1.44. The number of carbonyl (C=O) groups excluding carboxylic acids is 1. The average molecular weight is 222 g/mol. The molecule has 0 aromatic rings. The summed E-state index contributed by atoms with van der Waals surface area (Å²) < 4.78 is 0. The summed E-state index contributed by atoms with van der Waals surface area (Å²) in [5.41, 5.74) is 0. The molecule has 90 valence electrons. The van der Waals surface area contributed by atoms with Gasteiger partial charge in [0.1, 0.15) is 0 Å². The van der Waals surface area contributed by atoms with Crippen LogP contribution in [0.1, 0.15) is 45.4 Å². The third kappa shape index (κ3) is 5.18. The van der Waals surface area contributed by atoms with Crippen LogP contribution in [0.5, 0.6) is 0 Å². The highest BCUT2D eigenvalue weighted by molar-refractivity contribution is 5.76. The second-order valence-corrected chi connectivity index (χ2v) is 4.56. The molecule has 0 saturated carbocycles. The standard InChI is InChI=1S/C13H22N2O/c1-3-4-5-6-7-13(16)15-12-8-9-14-11(2)10-12/h1,11-12,14H,4-10H2,2H3,(H,15,16). The fourth-order valence-electron chi connectivity index (χ4n) is 2.08. The average Bonchev–Trinajstić information content (AvgIpc) is 2.24. The summed E-state index contributed by atoms with van der Waals surface area (Å²) in [4.78, 5) is 11.6. The molecule has 0 aromatic carbocycles. The largest absolute Gasteiger partial charge is 0.353 e. The van der Waals surface area contributed by atoms with Gasteiger partial charge < -0.3 is 10.6 Å². The summed E-state index contributed by atoms with van der Waals surface area (Å²) >= 11 is 0. The maximum absolute atomic E-state index is 11.6. The highest BCUT2D eigenvalue weighted by Crippen LogP contribution is 2.08. The summed E-state index contributed by atoms with van der Waals surface area (Å²) in [6.07, 6.45) is 10.5. The third-order valence-electron chi connectivity index (χ3n) is 2.96. The maximum atomic E-state index is 11.6. The number of amides is 1. The summed E-state index contributed by atoms with van der Waals surface area (Å²) in [6, 6.07) is 0.872. The molecule has 1 rings (SSSR count). The van der Waals surface area contributed by atoms with Gasteiger partial charge in [-0.25, -0.2) is 0 Å². The molecule has 0 spiro atoms. The summed E-state index contributed by atoms with van der Waals surface area (Å²) in [5.74, 6) is 2.77. The second kappa shape index (κ2) is 7.29. The number of piperidine rings is 1. The minimum absolute atomic E-state index is 0.177. The van der Waals surface area contributed by atoms with Gasteiger partial charge in [0.15, 0.2) is 0 Å². The first-order valence-corrected chi connectivity index (χ1v) is 6.18. The van der Waals surface area contributed by atoms with Gasteiger partial charge in [0, 0.05) is 24.9 Å². The van der Waals surface area contributed by atoms with E-state index in [-0.39, 0.29) is 5.91 Å². The maximum Gasteiger partial charge on any atom is 0.220 e. The summed E-state index contributed by atoms with van der Waals surface area (Å²) in [7, 11) is 0. The van der Waals surface area contributed by atoms with Crippen molar-refractivity contribution < 1.29 is 4.79 Å². The smallest absolute Gasteiger partial charge is 0.220 e. The molecular weight excluding hydrogens is 200 g/mol. The van der Waals surface area contributed by atoms with Crippen molar-refractivity contribution in [1.29, 1.82) is 0 Å². The fourth-order valence-corrected chi connectivity index (χ4v) is 2.08. The molecule has 2 N–H and O–H groups in total. The van der Waals surface area contributed by atoms with Crippen LogP contribution >= 0.6 is 0 Å². The Morgan fingerprint density at radius 2 is 2.38 bits per heavy atom. The Labute approximate surface area is 98.4 Å². The zero-order valence-electron chi connectivity index (χ0n) is 10.1. The van der Waals surface area contributed by atoms with E-state index in [1.165, 1.54) is 0 Å². The topological polar surface area (TPSA) is 41.1 Å². The van der Waals surface area contributed by atoms with Crippen molar-refractivity contribution in [2.75, 3.05) is 6.54 Å². The normalized spacial score (nSPS) is 24.8. The van der Waals surface area contributed by atoms with E-state index in [0.717, 1.165) is 38.6 Å². The van der Waals surface area contributed by atoms with E-state index in [9.17, 15) is 4.79 Å². The van der Waals surface area contributed by atoms with Crippen LogP contribution in [-0.4, -0.2) is 24.5 Å². The van der Waals surface area contributed by atoms with Crippen LogP contribution in [0.2, 0.25) is 0 Å². The number of nitrogens with one attached hydrogen (secondary N) is 2. The molecule has 0 aliphatic carbocycles. The third-order valence-corrected chi connectivity index (χ3v) is 2.96. The quantitative estimate of drug-likeness (QED) is 0.546. The number of carbonyl (C=O) groups is 1. The number of terminal acetylenes is 1. The summed E-state index contributed by atoms with van der Waals surface area (Å²) in [6.45, 7) is 3.16. The van der Waals surface area contributed by atoms with E-state index < -0.39 is 0 Å². The lowest BCUT2D eigenvalue weighted by Crippen LogP contribution is -2.46. The minimum Gasteiger partial charge on any atom is -0.353 e. The Balaban J connectivity index is 2.11. The Hall–Kier alpha value is -1.01. The van der Waals surface area contributed by atoms with Crippen LogP contribution in [-0.2, 0) is 4.79 Å². The van der Waals surface area contributed by atoms with Crippen LogP contribution in [0.15, 0.2) is 0 Å². The molecular formula is C13H22N2O. The molecule has 3 heteroatoms. The molecule has 1 amide bonds. The molecule has 1 heterocycles. The van der Waals surface area contributed by atoms with Gasteiger partial charge in [-0.05, 0) is 39.2 Å².